The number of hydrogen-bond acceptors (Lipinski definition) is 4. The Morgan fingerprint density at radius 1 is 1.07 bits per heavy atom. The van der Waals surface area contributed by atoms with Crippen molar-refractivity contribution in [3.63, 3.8) is 0 Å². The summed E-state index contributed by atoms with van der Waals surface area (Å²) in [6.45, 7) is 8.40. The molecule has 29 heavy (non-hydrogen) atoms. The summed E-state index contributed by atoms with van der Waals surface area (Å²) in [5, 5.41) is 0. The van der Waals surface area contributed by atoms with E-state index in [2.05, 4.69) is 13.8 Å². The second-order valence-electron chi connectivity index (χ2n) is 8.79. The van der Waals surface area contributed by atoms with Gasteiger partial charge in [0, 0.05) is 44.4 Å². The molecule has 6 heteroatoms. The van der Waals surface area contributed by atoms with Gasteiger partial charge in [0.1, 0.15) is 5.75 Å². The Morgan fingerprint density at radius 2 is 1.79 bits per heavy atom. The molecular formula is C23H34N2O4. The molecule has 6 nitrogen and oxygen atoms in total. The Bertz CT molecular complexity index is 673. The number of carbonyl (C=O) groups is 2. The molecule has 0 aliphatic carbocycles. The molecule has 2 amide bonds. The topological polar surface area (TPSA) is 59.1 Å². The summed E-state index contributed by atoms with van der Waals surface area (Å²) in [5.41, 5.74) is -0.351. The number of likely N-dealkylation sites (tertiary alicyclic amines) is 1. The standard InChI is InChI=1S/C23H34N2O4/c1-19(2)15-21(26)25-10-6-9-23(17-25,18-29-20-7-4-3-5-8-20)16-22(27)24-11-13-28-14-12-24/h3-5,7-8,19H,6,9-18H2,1-2H3/t23-/m0/s1. The molecule has 0 aromatic heterocycles. The van der Waals surface area contributed by atoms with Crippen LogP contribution in [0.1, 0.15) is 39.5 Å². The van der Waals surface area contributed by atoms with Crippen molar-refractivity contribution in [2.45, 2.75) is 39.5 Å². The molecule has 0 bridgehead atoms. The normalized spacial score (nSPS) is 22.6. The van der Waals surface area contributed by atoms with Crippen LogP contribution in [0.4, 0.5) is 0 Å². The first-order valence-electron chi connectivity index (χ1n) is 10.8. The summed E-state index contributed by atoms with van der Waals surface area (Å²) in [7, 11) is 0. The third-order valence-corrected chi connectivity index (χ3v) is 5.78. The highest BCUT2D eigenvalue weighted by Gasteiger charge is 2.41. The van der Waals surface area contributed by atoms with Gasteiger partial charge in [-0.1, -0.05) is 32.0 Å². The van der Waals surface area contributed by atoms with Crippen molar-refractivity contribution in [3.05, 3.63) is 30.3 Å². The fraction of sp³-hybridized carbons (Fsp3) is 0.652. The van der Waals surface area contributed by atoms with E-state index in [9.17, 15) is 9.59 Å². The molecule has 0 saturated carbocycles. The monoisotopic (exact) mass is 402 g/mol. The highest BCUT2D eigenvalue weighted by Crippen LogP contribution is 2.35. The molecule has 1 aromatic carbocycles. The highest BCUT2D eigenvalue weighted by atomic mass is 16.5. The van der Waals surface area contributed by atoms with E-state index in [0.29, 0.717) is 58.2 Å². The second kappa shape index (κ2) is 10.1. The van der Waals surface area contributed by atoms with Gasteiger partial charge in [-0.3, -0.25) is 9.59 Å². The molecule has 0 unspecified atom stereocenters. The van der Waals surface area contributed by atoms with Gasteiger partial charge in [0.25, 0.3) is 0 Å². The molecule has 0 radical (unpaired) electrons. The summed E-state index contributed by atoms with van der Waals surface area (Å²) in [6, 6.07) is 9.71. The molecule has 2 aliphatic rings. The highest BCUT2D eigenvalue weighted by molar-refractivity contribution is 5.78. The van der Waals surface area contributed by atoms with Crippen molar-refractivity contribution in [1.29, 1.82) is 0 Å². The van der Waals surface area contributed by atoms with Gasteiger partial charge < -0.3 is 19.3 Å². The van der Waals surface area contributed by atoms with Crippen LogP contribution >= 0.6 is 0 Å². The van der Waals surface area contributed by atoms with Crippen LogP contribution < -0.4 is 4.74 Å². The lowest BCUT2D eigenvalue weighted by Gasteiger charge is -2.43. The van der Waals surface area contributed by atoms with Crippen LogP contribution in [0.2, 0.25) is 0 Å². The number of carbonyl (C=O) groups excluding carboxylic acids is 2. The van der Waals surface area contributed by atoms with Gasteiger partial charge in [0.05, 0.1) is 19.8 Å². The SMILES string of the molecule is CC(C)CC(=O)N1CCC[C@](COc2ccccc2)(CC(=O)N2CCOCC2)C1. The Kier molecular flexibility index (Phi) is 7.53. The minimum Gasteiger partial charge on any atom is -0.493 e. The van der Waals surface area contributed by atoms with Crippen LogP contribution in [0.15, 0.2) is 30.3 Å². The molecule has 160 valence electrons. The Labute approximate surface area is 174 Å². The van der Waals surface area contributed by atoms with E-state index >= 15 is 0 Å². The minimum absolute atomic E-state index is 0.142. The van der Waals surface area contributed by atoms with E-state index in [0.717, 1.165) is 25.1 Å². The van der Waals surface area contributed by atoms with Crippen molar-refractivity contribution in [2.24, 2.45) is 11.3 Å². The number of hydrogen-bond donors (Lipinski definition) is 0. The Balaban J connectivity index is 1.72. The first kappa shape index (κ1) is 21.6. The van der Waals surface area contributed by atoms with Crippen LogP contribution in [-0.4, -0.2) is 67.6 Å². The predicted octanol–water partition coefficient (Wildman–Crippen LogP) is 2.97. The maximum Gasteiger partial charge on any atom is 0.223 e. The lowest BCUT2D eigenvalue weighted by molar-refractivity contribution is -0.144. The number of nitrogens with zero attached hydrogens (tertiary/aromatic N) is 2. The van der Waals surface area contributed by atoms with E-state index in [4.69, 9.17) is 9.47 Å². The van der Waals surface area contributed by atoms with Gasteiger partial charge in [0.2, 0.25) is 11.8 Å². The van der Waals surface area contributed by atoms with Crippen molar-refractivity contribution >= 4 is 11.8 Å². The van der Waals surface area contributed by atoms with E-state index < -0.39 is 0 Å². The third kappa shape index (κ3) is 6.20. The molecular weight excluding hydrogens is 368 g/mol. The Morgan fingerprint density at radius 3 is 2.48 bits per heavy atom. The molecule has 1 atom stereocenters. The van der Waals surface area contributed by atoms with Crippen LogP contribution in [0, 0.1) is 11.3 Å². The number of ether oxygens (including phenoxy) is 2. The van der Waals surface area contributed by atoms with Gasteiger partial charge in [-0.2, -0.15) is 0 Å². The van der Waals surface area contributed by atoms with Gasteiger partial charge in [-0.05, 0) is 30.9 Å². The van der Waals surface area contributed by atoms with Gasteiger partial charge in [-0.15, -0.1) is 0 Å². The van der Waals surface area contributed by atoms with Crippen LogP contribution in [-0.2, 0) is 14.3 Å². The molecule has 2 saturated heterocycles. The largest absolute Gasteiger partial charge is 0.493 e. The zero-order valence-electron chi connectivity index (χ0n) is 17.8. The third-order valence-electron chi connectivity index (χ3n) is 5.78. The molecule has 2 aliphatic heterocycles. The van der Waals surface area contributed by atoms with Crippen molar-refractivity contribution in [2.75, 3.05) is 46.0 Å². The van der Waals surface area contributed by atoms with Gasteiger partial charge in [-0.25, -0.2) is 0 Å². The average Bonchev–Trinajstić information content (AvgIpc) is 2.73. The van der Waals surface area contributed by atoms with E-state index in [1.165, 1.54) is 0 Å². The lowest BCUT2D eigenvalue weighted by Crippen LogP contribution is -2.52. The summed E-state index contributed by atoms with van der Waals surface area (Å²) in [4.78, 5) is 29.6. The van der Waals surface area contributed by atoms with E-state index in [-0.39, 0.29) is 17.2 Å². The number of benzene rings is 1. The van der Waals surface area contributed by atoms with Crippen molar-refractivity contribution in [3.8, 4) is 5.75 Å². The number of morpholine rings is 1. The molecule has 0 N–H and O–H groups in total. The van der Waals surface area contributed by atoms with Crippen molar-refractivity contribution < 1.29 is 19.1 Å². The summed E-state index contributed by atoms with van der Waals surface area (Å²) in [6.07, 6.45) is 2.75. The maximum atomic E-state index is 13.0. The van der Waals surface area contributed by atoms with Crippen LogP contribution in [0.5, 0.6) is 5.75 Å². The fourth-order valence-corrected chi connectivity index (χ4v) is 4.21. The number of piperidine rings is 1. The van der Waals surface area contributed by atoms with E-state index in [1.807, 2.05) is 40.1 Å². The number of amides is 2. The fourth-order valence-electron chi connectivity index (χ4n) is 4.21. The zero-order chi connectivity index (χ0) is 20.7. The van der Waals surface area contributed by atoms with E-state index in [1.54, 1.807) is 0 Å². The molecule has 1 aromatic rings. The van der Waals surface area contributed by atoms with Gasteiger partial charge >= 0.3 is 0 Å². The molecule has 2 fully saturated rings. The summed E-state index contributed by atoms with van der Waals surface area (Å²) >= 11 is 0. The quantitative estimate of drug-likeness (QED) is 0.704. The van der Waals surface area contributed by atoms with Crippen molar-refractivity contribution in [1.82, 2.24) is 9.80 Å². The smallest absolute Gasteiger partial charge is 0.223 e. The van der Waals surface area contributed by atoms with Crippen LogP contribution in [0.3, 0.4) is 0 Å². The predicted molar refractivity (Wildman–Crippen MR) is 112 cm³/mol. The summed E-state index contributed by atoms with van der Waals surface area (Å²) in [5.74, 6) is 1.46. The number of rotatable bonds is 7. The first-order valence-corrected chi connectivity index (χ1v) is 10.8. The molecule has 3 rings (SSSR count). The van der Waals surface area contributed by atoms with Gasteiger partial charge in [0.15, 0.2) is 0 Å². The lowest BCUT2D eigenvalue weighted by atomic mass is 9.77. The molecule has 2 heterocycles. The minimum atomic E-state index is -0.351. The first-order chi connectivity index (χ1) is 14.0. The Hall–Kier alpha value is -2.08. The number of para-hydroxylation sites is 1. The summed E-state index contributed by atoms with van der Waals surface area (Å²) < 4.78 is 11.5. The average molecular weight is 403 g/mol. The zero-order valence-corrected chi connectivity index (χ0v) is 17.8. The van der Waals surface area contributed by atoms with Crippen LogP contribution in [0.25, 0.3) is 0 Å². The molecule has 0 spiro atoms. The maximum absolute atomic E-state index is 13.0. The second-order valence-corrected chi connectivity index (χ2v) is 8.79.